The number of benzene rings is 7. The van der Waals surface area contributed by atoms with E-state index in [9.17, 15) is 19.2 Å². The Bertz CT molecular complexity index is 3210. The molecular formula is C81H103N3O8. The molecule has 2 amide bonds. The number of unbranched alkanes of at least 4 members (excludes halogenated alkanes) is 15. The van der Waals surface area contributed by atoms with Crippen molar-refractivity contribution in [3.8, 4) is 45.2 Å². The number of ether oxygens (including phenoxy) is 2. The second-order valence-electron chi connectivity index (χ2n) is 24.0. The lowest BCUT2D eigenvalue weighted by atomic mass is 10.00. The van der Waals surface area contributed by atoms with E-state index in [4.69, 9.17) is 24.5 Å². The third-order valence-electron chi connectivity index (χ3n) is 16.2. The van der Waals surface area contributed by atoms with Gasteiger partial charge in [-0.05, 0) is 164 Å². The summed E-state index contributed by atoms with van der Waals surface area (Å²) in [6.07, 6.45) is 25.2. The number of amides is 2. The topological polar surface area (TPSA) is 144 Å². The number of rotatable bonds is 36. The zero-order valence-corrected chi connectivity index (χ0v) is 56.4. The fourth-order valence-electron chi connectivity index (χ4n) is 10.3. The molecule has 3 atom stereocenters. The van der Waals surface area contributed by atoms with Gasteiger partial charge in [0.15, 0.2) is 24.1 Å². The molecule has 0 heterocycles. The molecule has 0 bridgehead atoms. The van der Waals surface area contributed by atoms with Crippen molar-refractivity contribution in [3.63, 3.8) is 0 Å². The molecule has 7 rings (SSSR count). The second-order valence-corrected chi connectivity index (χ2v) is 24.0. The van der Waals surface area contributed by atoms with Crippen LogP contribution >= 0.6 is 0 Å². The predicted octanol–water partition coefficient (Wildman–Crippen LogP) is 20.6. The normalized spacial score (nSPS) is 11.7. The fourth-order valence-corrected chi connectivity index (χ4v) is 10.3. The van der Waals surface area contributed by atoms with Crippen LogP contribution in [0.3, 0.4) is 0 Å². The number of carbonyl (C=O) groups excluding carboxylic acids is 4. The average molecular weight is 1250 g/mol. The van der Waals surface area contributed by atoms with Gasteiger partial charge in [0, 0.05) is 19.3 Å². The van der Waals surface area contributed by atoms with Crippen molar-refractivity contribution >= 4 is 29.4 Å². The third-order valence-corrected chi connectivity index (χ3v) is 16.2. The number of anilines is 1. The quantitative estimate of drug-likeness (QED) is 0.0176. The maximum Gasteiger partial charge on any atom is 0.338 e. The number of carbonyl (C=O) groups is 4. The minimum absolute atomic E-state index is 0.171. The van der Waals surface area contributed by atoms with E-state index in [1.54, 1.807) is 57.0 Å². The van der Waals surface area contributed by atoms with E-state index in [-0.39, 0.29) is 11.8 Å². The van der Waals surface area contributed by atoms with Crippen LogP contribution < -0.4 is 10.2 Å². The van der Waals surface area contributed by atoms with E-state index < -0.39 is 30.3 Å². The summed E-state index contributed by atoms with van der Waals surface area (Å²) in [6.45, 7) is 14.3. The fraction of sp³-hybridized carbons (Fsp3) is 0.420. The second kappa shape index (κ2) is 43.4. The van der Waals surface area contributed by atoms with Crippen LogP contribution in [0.1, 0.15) is 208 Å². The van der Waals surface area contributed by atoms with E-state index in [1.165, 1.54) is 113 Å². The molecule has 3 unspecified atom stereocenters. The Kier molecular flexibility index (Phi) is 35.1. The molecular weight excluding hydrogens is 1140 g/mol. The molecule has 0 saturated carbocycles. The van der Waals surface area contributed by atoms with Gasteiger partial charge in [-0.2, -0.15) is 10.1 Å². The van der Waals surface area contributed by atoms with Crippen LogP contribution in [-0.4, -0.2) is 60.6 Å². The predicted molar refractivity (Wildman–Crippen MR) is 376 cm³/mol. The molecule has 0 fully saturated rings. The number of esters is 2. The highest BCUT2D eigenvalue weighted by Crippen LogP contribution is 2.26. The molecule has 0 aliphatic heterocycles. The van der Waals surface area contributed by atoms with Gasteiger partial charge < -0.3 is 24.6 Å². The van der Waals surface area contributed by atoms with Gasteiger partial charge in [0.25, 0.3) is 11.8 Å². The summed E-state index contributed by atoms with van der Waals surface area (Å²) < 4.78 is 10.8. The zero-order chi connectivity index (χ0) is 66.1. The van der Waals surface area contributed by atoms with Crippen LogP contribution in [0.5, 0.6) is 5.75 Å². The first-order valence-corrected chi connectivity index (χ1v) is 34.1. The smallest absolute Gasteiger partial charge is 0.338 e. The highest BCUT2D eigenvalue weighted by Gasteiger charge is 2.23. The van der Waals surface area contributed by atoms with Crippen LogP contribution in [0, 0.1) is 11.3 Å². The molecule has 0 spiro atoms. The highest BCUT2D eigenvalue weighted by atomic mass is 17.2. The SMILES string of the molecule is CC(C#N)OOc1ccc(-c2ccccc2)cc1.CCCCCCCCCCc1ccc(-c2ccc(C(=O)OC(C)C(=O)Nc3ccc(CCCC)cc3)cc2)cc1.CCCCCCCCCc1ccc(-c2ccc(C(=O)OC(C)C(=O)N(C)CCCC)cc2)cc1. The summed E-state index contributed by atoms with van der Waals surface area (Å²) in [5.74, 6) is -0.920. The number of nitrogens with zero attached hydrogens (tertiary/aromatic N) is 2. The Labute approximate surface area is 551 Å². The van der Waals surface area contributed by atoms with Crippen molar-refractivity contribution in [2.75, 3.05) is 18.9 Å². The van der Waals surface area contributed by atoms with Gasteiger partial charge in [-0.15, -0.1) is 0 Å². The first-order chi connectivity index (χ1) is 44.7. The summed E-state index contributed by atoms with van der Waals surface area (Å²) in [7, 11) is 1.75. The molecule has 0 aromatic heterocycles. The lowest BCUT2D eigenvalue weighted by molar-refractivity contribution is -0.224. The molecule has 7 aromatic carbocycles. The Hall–Kier alpha value is -8.33. The molecule has 11 heteroatoms. The average Bonchev–Trinajstić information content (AvgIpc) is 1.56. The van der Waals surface area contributed by atoms with Gasteiger partial charge in [0.1, 0.15) is 0 Å². The van der Waals surface area contributed by atoms with E-state index in [0.29, 0.717) is 29.1 Å². The van der Waals surface area contributed by atoms with Crippen LogP contribution in [0.2, 0.25) is 0 Å². The summed E-state index contributed by atoms with van der Waals surface area (Å²) in [5.41, 5.74) is 12.2. The summed E-state index contributed by atoms with van der Waals surface area (Å²) >= 11 is 0. The van der Waals surface area contributed by atoms with Gasteiger partial charge in [0.2, 0.25) is 0 Å². The van der Waals surface area contributed by atoms with Gasteiger partial charge in [-0.3, -0.25) is 9.59 Å². The van der Waals surface area contributed by atoms with Crippen molar-refractivity contribution < 1.29 is 38.4 Å². The van der Waals surface area contributed by atoms with Crippen LogP contribution in [-0.2, 0) is 43.2 Å². The Balaban J connectivity index is 0.000000267. The number of likely N-dealkylation sites (N-methyl/N-ethyl adjacent to an activating group) is 1. The first-order valence-electron chi connectivity index (χ1n) is 34.1. The molecule has 490 valence electrons. The van der Waals surface area contributed by atoms with E-state index in [2.05, 4.69) is 81.5 Å². The minimum atomic E-state index is -0.902. The third kappa shape index (κ3) is 28.0. The van der Waals surface area contributed by atoms with Gasteiger partial charge >= 0.3 is 11.9 Å². The first kappa shape index (κ1) is 74.4. The number of aryl methyl sites for hydroxylation is 3. The van der Waals surface area contributed by atoms with E-state index >= 15 is 0 Å². The molecule has 7 aromatic rings. The molecule has 1 N–H and O–H groups in total. The molecule has 0 saturated heterocycles. The van der Waals surface area contributed by atoms with Crippen molar-refractivity contribution in [2.45, 2.75) is 208 Å². The number of nitrogens with one attached hydrogen (secondary N) is 1. The number of hydrogen-bond acceptors (Lipinski definition) is 9. The van der Waals surface area contributed by atoms with Crippen molar-refractivity contribution in [2.24, 2.45) is 0 Å². The standard InChI is InChI=1S/C36H47NO3.C30H43NO3.C15H13NO2/c1-4-6-8-9-10-11-12-13-15-30-16-20-31(21-17-30)32-22-24-33(25-23-32)36(39)40-28(3)35(38)37-34-26-18-29(19-27-34)14-7-5-2;1-5-7-9-10-11-12-13-14-25-15-17-26(18-16-25)27-19-21-28(22-20-27)30(33)34-24(3)29(32)31(4)23-8-6-2;1-12(11-16)17-18-15-9-7-14(8-10-15)13-5-3-2-4-6-13/h16-28H,4-15H2,1-3H3,(H,37,38);15-22,24H,5-14,23H2,1-4H3;2-10,12H,1H3. The summed E-state index contributed by atoms with van der Waals surface area (Å²) in [5, 5.41) is 11.4. The maximum absolute atomic E-state index is 12.7. The zero-order valence-electron chi connectivity index (χ0n) is 56.4. The van der Waals surface area contributed by atoms with Gasteiger partial charge in [0.05, 0.1) is 17.2 Å². The van der Waals surface area contributed by atoms with Crippen molar-refractivity contribution in [1.82, 2.24) is 4.90 Å². The maximum atomic E-state index is 12.7. The monoisotopic (exact) mass is 1250 g/mol. The van der Waals surface area contributed by atoms with Gasteiger partial charge in [-0.1, -0.05) is 251 Å². The molecule has 0 radical (unpaired) electrons. The highest BCUT2D eigenvalue weighted by molar-refractivity contribution is 5.97. The van der Waals surface area contributed by atoms with Gasteiger partial charge in [-0.25, -0.2) is 9.59 Å². The summed E-state index contributed by atoms with van der Waals surface area (Å²) in [6, 6.07) is 59.5. The lowest BCUT2D eigenvalue weighted by Crippen LogP contribution is -2.37. The molecule has 0 aliphatic carbocycles. The van der Waals surface area contributed by atoms with E-state index in [1.807, 2.05) is 109 Å². The Morgan fingerprint density at radius 1 is 0.424 bits per heavy atom. The number of nitriles is 1. The van der Waals surface area contributed by atoms with E-state index in [0.717, 1.165) is 78.3 Å². The molecule has 0 aliphatic rings. The van der Waals surface area contributed by atoms with Crippen LogP contribution in [0.4, 0.5) is 5.69 Å². The Morgan fingerprint density at radius 3 is 1.21 bits per heavy atom. The lowest BCUT2D eigenvalue weighted by Gasteiger charge is -2.21. The Morgan fingerprint density at radius 2 is 0.783 bits per heavy atom. The number of hydrogen-bond donors (Lipinski definition) is 1. The summed E-state index contributed by atoms with van der Waals surface area (Å²) in [4.78, 5) is 61.6. The largest absolute Gasteiger partial charge is 0.449 e. The molecule has 11 nitrogen and oxygen atoms in total. The van der Waals surface area contributed by atoms with Crippen LogP contribution in [0.25, 0.3) is 33.4 Å². The minimum Gasteiger partial charge on any atom is -0.449 e. The van der Waals surface area contributed by atoms with Crippen molar-refractivity contribution in [1.29, 1.82) is 5.26 Å². The molecule has 92 heavy (non-hydrogen) atoms. The van der Waals surface area contributed by atoms with Crippen molar-refractivity contribution in [3.05, 3.63) is 204 Å². The van der Waals surface area contributed by atoms with Crippen LogP contribution in [0.15, 0.2) is 176 Å².